The molecule has 3 heterocycles. The van der Waals surface area contributed by atoms with Crippen molar-refractivity contribution >= 4 is 28.2 Å². The zero-order valence-corrected chi connectivity index (χ0v) is 22.1. The highest BCUT2D eigenvalue weighted by Gasteiger charge is 2.31. The predicted molar refractivity (Wildman–Crippen MR) is 144 cm³/mol. The van der Waals surface area contributed by atoms with E-state index in [1.54, 1.807) is 19.4 Å². The molecule has 1 aliphatic rings. The van der Waals surface area contributed by atoms with Gasteiger partial charge in [-0.15, -0.1) is 11.3 Å². The summed E-state index contributed by atoms with van der Waals surface area (Å²) in [7, 11) is 1.60. The van der Waals surface area contributed by atoms with Crippen molar-refractivity contribution in [3.63, 3.8) is 0 Å². The Balaban J connectivity index is 1.32. The van der Waals surface area contributed by atoms with E-state index in [1.807, 2.05) is 29.5 Å². The molecule has 1 saturated heterocycles. The number of carbonyl (C=O) groups is 1. The fraction of sp³-hybridized carbons (Fsp3) is 0.517. The minimum absolute atomic E-state index is 0.0669. The maximum atomic E-state index is 15.5. The van der Waals surface area contributed by atoms with Gasteiger partial charge in [-0.2, -0.15) is 0 Å². The molecule has 1 unspecified atom stereocenters. The van der Waals surface area contributed by atoms with Gasteiger partial charge in [0.05, 0.1) is 12.6 Å². The molecule has 0 spiro atoms. The van der Waals surface area contributed by atoms with Crippen molar-refractivity contribution < 1.29 is 19.0 Å². The van der Waals surface area contributed by atoms with E-state index < -0.39 is 12.1 Å². The van der Waals surface area contributed by atoms with E-state index in [0.29, 0.717) is 24.2 Å². The number of rotatable bonds is 12. The zero-order valence-electron chi connectivity index (χ0n) is 21.3. The molecule has 0 aliphatic carbocycles. The van der Waals surface area contributed by atoms with Crippen LogP contribution in [0.5, 0.6) is 5.75 Å². The molecule has 3 aromatic rings. The van der Waals surface area contributed by atoms with Gasteiger partial charge < -0.3 is 14.7 Å². The number of unbranched alkanes of at least 4 members (excludes halogenated alkanes) is 1. The van der Waals surface area contributed by atoms with Gasteiger partial charge in [0, 0.05) is 29.4 Å². The van der Waals surface area contributed by atoms with Gasteiger partial charge in [0.2, 0.25) is 0 Å². The van der Waals surface area contributed by atoms with Gasteiger partial charge in [-0.3, -0.25) is 9.78 Å². The van der Waals surface area contributed by atoms with Gasteiger partial charge in [-0.05, 0) is 117 Å². The van der Waals surface area contributed by atoms with Crippen LogP contribution in [-0.2, 0) is 11.2 Å². The maximum absolute atomic E-state index is 15.5. The largest absolute Gasteiger partial charge is 0.497 e. The van der Waals surface area contributed by atoms with Crippen LogP contribution in [0.15, 0.2) is 41.9 Å². The van der Waals surface area contributed by atoms with E-state index in [0.717, 1.165) is 56.2 Å². The fourth-order valence-electron chi connectivity index (χ4n) is 5.54. The summed E-state index contributed by atoms with van der Waals surface area (Å²) in [6, 6.07) is 9.46. The molecule has 2 aromatic heterocycles. The average Bonchev–Trinajstić information content (AvgIpc) is 3.29. The monoisotopic (exact) mass is 512 g/mol. The number of aliphatic carboxylic acids is 1. The number of piperidine rings is 1. The second kappa shape index (κ2) is 12.6. The first-order chi connectivity index (χ1) is 17.4. The van der Waals surface area contributed by atoms with Crippen molar-refractivity contribution in [2.75, 3.05) is 26.7 Å². The van der Waals surface area contributed by atoms with Crippen molar-refractivity contribution in [2.45, 2.75) is 58.0 Å². The second-order valence-electron chi connectivity index (χ2n) is 10.0. The van der Waals surface area contributed by atoms with Crippen LogP contribution in [-0.4, -0.2) is 47.7 Å². The molecule has 5 nitrogen and oxygen atoms in total. The molecule has 0 bridgehead atoms. The molecule has 0 radical (unpaired) electrons. The summed E-state index contributed by atoms with van der Waals surface area (Å²) < 4.78 is 20.8. The minimum atomic E-state index is -1.12. The van der Waals surface area contributed by atoms with Gasteiger partial charge in [0.1, 0.15) is 11.9 Å². The molecular weight excluding hydrogens is 475 g/mol. The predicted octanol–water partition coefficient (Wildman–Crippen LogP) is 6.84. The summed E-state index contributed by atoms with van der Waals surface area (Å²) in [6.45, 7) is 4.93. The van der Waals surface area contributed by atoms with Crippen LogP contribution in [0, 0.1) is 18.8 Å². The minimum Gasteiger partial charge on any atom is -0.497 e. The zero-order chi connectivity index (χ0) is 25.5. The number of aryl methyl sites for hydroxylation is 2. The molecule has 0 saturated carbocycles. The maximum Gasteiger partial charge on any atom is 0.303 e. The number of likely N-dealkylation sites (tertiary alicyclic amines) is 1. The number of carboxylic acids is 1. The number of hydrogen-bond donors (Lipinski definition) is 1. The number of fused-ring (bicyclic) bond motifs is 1. The third-order valence-electron chi connectivity index (χ3n) is 7.62. The Labute approximate surface area is 217 Å². The van der Waals surface area contributed by atoms with E-state index in [1.165, 1.54) is 10.4 Å². The van der Waals surface area contributed by atoms with Gasteiger partial charge in [-0.25, -0.2) is 4.39 Å². The van der Waals surface area contributed by atoms with Crippen LogP contribution in [0.1, 0.15) is 60.7 Å². The smallest absolute Gasteiger partial charge is 0.303 e. The number of hydrogen-bond acceptors (Lipinski definition) is 5. The van der Waals surface area contributed by atoms with Crippen LogP contribution < -0.4 is 4.74 Å². The van der Waals surface area contributed by atoms with E-state index >= 15 is 4.39 Å². The first-order valence-electron chi connectivity index (χ1n) is 13.0. The highest BCUT2D eigenvalue weighted by atomic mass is 32.1. The van der Waals surface area contributed by atoms with E-state index in [-0.39, 0.29) is 18.3 Å². The normalized spacial score (nSPS) is 19.4. The topological polar surface area (TPSA) is 62.7 Å². The Morgan fingerprint density at radius 3 is 2.89 bits per heavy atom. The quantitative estimate of drug-likeness (QED) is 0.269. The van der Waals surface area contributed by atoms with E-state index in [4.69, 9.17) is 4.74 Å². The van der Waals surface area contributed by atoms with Crippen molar-refractivity contribution in [3.05, 3.63) is 57.9 Å². The Hall–Kier alpha value is -2.51. The number of nitrogens with zero attached hydrogens (tertiary/aromatic N) is 2. The number of benzene rings is 1. The number of carboxylic acid groups (broad SMARTS) is 1. The van der Waals surface area contributed by atoms with E-state index in [2.05, 4.69) is 28.3 Å². The molecule has 194 valence electrons. The molecule has 0 amide bonds. The third-order valence-corrected chi connectivity index (χ3v) is 8.70. The number of pyridine rings is 1. The number of halogens is 1. The first kappa shape index (κ1) is 26.6. The summed E-state index contributed by atoms with van der Waals surface area (Å²) in [6.07, 6.45) is 6.09. The lowest BCUT2D eigenvalue weighted by atomic mass is 9.79. The molecular formula is C29H37FN2O3S. The van der Waals surface area contributed by atoms with Crippen LogP contribution in [0.25, 0.3) is 10.9 Å². The summed E-state index contributed by atoms with van der Waals surface area (Å²) in [5.74, 6) is 0.219. The Morgan fingerprint density at radius 2 is 2.14 bits per heavy atom. The lowest BCUT2D eigenvalue weighted by molar-refractivity contribution is -0.139. The van der Waals surface area contributed by atoms with Crippen molar-refractivity contribution in [1.29, 1.82) is 0 Å². The van der Waals surface area contributed by atoms with Crippen molar-refractivity contribution in [1.82, 2.24) is 9.88 Å². The molecule has 4 rings (SSSR count). The Kier molecular flexibility index (Phi) is 9.32. The van der Waals surface area contributed by atoms with E-state index in [9.17, 15) is 9.90 Å². The SMILES string of the molecule is COc1ccc2nccc(C(F)CC[C@@H]3CCN(CCCCc4sccc4C)C[C@@H]3CC(=O)O)c2c1. The van der Waals surface area contributed by atoms with Gasteiger partial charge in [-0.1, -0.05) is 0 Å². The van der Waals surface area contributed by atoms with Crippen LogP contribution in [0.3, 0.4) is 0 Å². The van der Waals surface area contributed by atoms with Gasteiger partial charge in [0.25, 0.3) is 0 Å². The van der Waals surface area contributed by atoms with Crippen LogP contribution in [0.4, 0.5) is 4.39 Å². The van der Waals surface area contributed by atoms with Crippen LogP contribution >= 0.6 is 11.3 Å². The third kappa shape index (κ3) is 6.83. The first-order valence-corrected chi connectivity index (χ1v) is 13.9. The molecule has 1 fully saturated rings. The fourth-order valence-corrected chi connectivity index (χ4v) is 6.49. The molecule has 36 heavy (non-hydrogen) atoms. The standard InChI is InChI=1S/C29H37FN2O3S/c1-20-12-16-36-28(20)5-3-4-14-32-15-11-21(22(19-32)17-29(33)34)6-8-26(30)24-10-13-31-27-9-7-23(35-2)18-25(24)27/h7,9-10,12-13,16,18,21-22,26H,3-6,8,11,14-15,17,19H2,1-2H3,(H,33,34)/t21-,22+,26?/m1/s1. The molecule has 1 N–H and O–H groups in total. The van der Waals surface area contributed by atoms with Gasteiger partial charge >= 0.3 is 5.97 Å². The molecule has 3 atom stereocenters. The molecule has 1 aliphatic heterocycles. The number of thiophene rings is 1. The Morgan fingerprint density at radius 1 is 1.28 bits per heavy atom. The number of methoxy groups -OCH3 is 1. The lowest BCUT2D eigenvalue weighted by Gasteiger charge is -2.38. The summed E-state index contributed by atoms with van der Waals surface area (Å²) in [4.78, 5) is 19.8. The Bertz CT molecular complexity index is 1150. The van der Waals surface area contributed by atoms with Gasteiger partial charge in [0.15, 0.2) is 0 Å². The number of ether oxygens (including phenoxy) is 1. The van der Waals surface area contributed by atoms with Crippen molar-refractivity contribution in [3.8, 4) is 5.75 Å². The molecule has 7 heteroatoms. The highest BCUT2D eigenvalue weighted by Crippen LogP contribution is 2.36. The van der Waals surface area contributed by atoms with Crippen LogP contribution in [0.2, 0.25) is 0 Å². The summed E-state index contributed by atoms with van der Waals surface area (Å²) in [5.41, 5.74) is 2.77. The second-order valence-corrected chi connectivity index (χ2v) is 11.0. The number of aromatic nitrogens is 1. The highest BCUT2D eigenvalue weighted by molar-refractivity contribution is 7.10. The summed E-state index contributed by atoms with van der Waals surface area (Å²) in [5, 5.41) is 12.5. The molecule has 1 aromatic carbocycles. The lowest BCUT2D eigenvalue weighted by Crippen LogP contribution is -2.41. The number of alkyl halides is 1. The average molecular weight is 513 g/mol. The summed E-state index contributed by atoms with van der Waals surface area (Å²) >= 11 is 1.83. The van der Waals surface area contributed by atoms with Crippen molar-refractivity contribution in [2.24, 2.45) is 11.8 Å².